The normalized spacial score (nSPS) is 10.5. The van der Waals surface area contributed by atoms with Crippen molar-refractivity contribution in [1.29, 1.82) is 0 Å². The Morgan fingerprint density at radius 1 is 1.00 bits per heavy atom. The van der Waals surface area contributed by atoms with E-state index in [0.29, 0.717) is 10.1 Å². The van der Waals surface area contributed by atoms with Crippen molar-refractivity contribution in [2.75, 3.05) is 0 Å². The van der Waals surface area contributed by atoms with Gasteiger partial charge in [0.15, 0.2) is 10.1 Å². The number of hydrogen-bond donors (Lipinski definition) is 2. The van der Waals surface area contributed by atoms with E-state index in [1.807, 2.05) is 0 Å². The van der Waals surface area contributed by atoms with Crippen LogP contribution in [0.4, 0.5) is 0 Å². The van der Waals surface area contributed by atoms with E-state index in [1.165, 1.54) is 22.9 Å². The van der Waals surface area contributed by atoms with E-state index in [9.17, 15) is 9.59 Å². The molecule has 0 aromatic carbocycles. The standard InChI is InChI=1S/C12H10O6S2/c1-6(17-9-2-7(4-19-9)11(13)14)18-10-3-8(5-20-10)12(15)16/h2-6H,1H3,(H,13,14)(H,15,16). The van der Waals surface area contributed by atoms with Crippen LogP contribution in [0.15, 0.2) is 22.9 Å². The maximum atomic E-state index is 10.7. The largest absolute Gasteiger partial charge is 0.478 e. The van der Waals surface area contributed by atoms with E-state index in [4.69, 9.17) is 19.7 Å². The molecule has 0 fully saturated rings. The number of carboxylic acids is 2. The molecule has 2 heterocycles. The van der Waals surface area contributed by atoms with Crippen LogP contribution in [0.5, 0.6) is 10.1 Å². The second-order valence-corrected chi connectivity index (χ2v) is 5.47. The van der Waals surface area contributed by atoms with Crippen LogP contribution >= 0.6 is 22.7 Å². The van der Waals surface area contributed by atoms with Crippen LogP contribution in [0, 0.1) is 0 Å². The molecule has 2 aromatic rings. The molecular formula is C12H10O6S2. The van der Waals surface area contributed by atoms with Gasteiger partial charge in [-0.2, -0.15) is 0 Å². The third-order valence-electron chi connectivity index (χ3n) is 2.21. The number of rotatable bonds is 6. The maximum absolute atomic E-state index is 10.7. The molecule has 0 atom stereocenters. The SMILES string of the molecule is CC(Oc1cc(C(=O)O)cs1)Oc1cc(C(=O)O)cs1. The molecule has 0 saturated heterocycles. The number of carboxylic acid groups (broad SMARTS) is 2. The molecule has 0 bridgehead atoms. The fourth-order valence-corrected chi connectivity index (χ4v) is 2.93. The Bertz CT molecular complexity index is 575. The summed E-state index contributed by atoms with van der Waals surface area (Å²) in [4.78, 5) is 21.4. The minimum Gasteiger partial charge on any atom is -0.478 e. The summed E-state index contributed by atoms with van der Waals surface area (Å²) < 4.78 is 10.8. The van der Waals surface area contributed by atoms with Gasteiger partial charge in [0.25, 0.3) is 0 Å². The number of hydrogen-bond acceptors (Lipinski definition) is 6. The first kappa shape index (κ1) is 14.4. The molecule has 20 heavy (non-hydrogen) atoms. The van der Waals surface area contributed by atoms with Crippen LogP contribution < -0.4 is 9.47 Å². The lowest BCUT2D eigenvalue weighted by atomic mass is 10.3. The molecule has 2 aromatic heterocycles. The maximum Gasteiger partial charge on any atom is 0.336 e. The highest BCUT2D eigenvalue weighted by Crippen LogP contribution is 2.27. The quantitative estimate of drug-likeness (QED) is 0.796. The number of thiophene rings is 2. The van der Waals surface area contributed by atoms with Crippen LogP contribution in [0.1, 0.15) is 27.6 Å². The molecule has 0 saturated carbocycles. The first-order valence-electron chi connectivity index (χ1n) is 5.42. The van der Waals surface area contributed by atoms with Gasteiger partial charge in [-0.05, 0) is 0 Å². The van der Waals surface area contributed by atoms with Gasteiger partial charge >= 0.3 is 11.9 Å². The summed E-state index contributed by atoms with van der Waals surface area (Å²) >= 11 is 2.31. The monoisotopic (exact) mass is 314 g/mol. The first-order chi connectivity index (χ1) is 9.45. The summed E-state index contributed by atoms with van der Waals surface area (Å²) in [7, 11) is 0. The Labute approximate surface area is 121 Å². The number of aromatic carboxylic acids is 2. The Balaban J connectivity index is 1.95. The van der Waals surface area contributed by atoms with E-state index in [0.717, 1.165) is 22.7 Å². The molecule has 0 unspecified atom stereocenters. The van der Waals surface area contributed by atoms with Gasteiger partial charge in [0.05, 0.1) is 11.1 Å². The lowest BCUT2D eigenvalue weighted by molar-refractivity contribution is 0.0283. The lowest BCUT2D eigenvalue weighted by Crippen LogP contribution is -2.18. The van der Waals surface area contributed by atoms with Gasteiger partial charge in [0, 0.05) is 29.8 Å². The minimum absolute atomic E-state index is 0.154. The zero-order valence-corrected chi connectivity index (χ0v) is 11.9. The number of ether oxygens (including phenoxy) is 2. The summed E-state index contributed by atoms with van der Waals surface area (Å²) in [5.41, 5.74) is 0.308. The van der Waals surface area contributed by atoms with Gasteiger partial charge in [0.1, 0.15) is 0 Å². The molecule has 0 radical (unpaired) electrons. The van der Waals surface area contributed by atoms with Crippen LogP contribution in [0.25, 0.3) is 0 Å². The third kappa shape index (κ3) is 3.49. The topological polar surface area (TPSA) is 93.1 Å². The Morgan fingerprint density at radius 2 is 1.40 bits per heavy atom. The summed E-state index contributed by atoms with van der Waals surface area (Å²) in [6.07, 6.45) is -0.657. The van der Waals surface area contributed by atoms with Gasteiger partial charge in [0.2, 0.25) is 6.29 Å². The Morgan fingerprint density at radius 3 is 1.70 bits per heavy atom. The molecule has 2 rings (SSSR count). The predicted molar refractivity (Wildman–Crippen MR) is 73.3 cm³/mol. The van der Waals surface area contributed by atoms with Crippen molar-refractivity contribution in [3.05, 3.63) is 34.0 Å². The molecule has 0 aliphatic carbocycles. The van der Waals surface area contributed by atoms with Crippen LogP contribution in [0.2, 0.25) is 0 Å². The van der Waals surface area contributed by atoms with Crippen LogP contribution in [0.3, 0.4) is 0 Å². The predicted octanol–water partition coefficient (Wildman–Crippen LogP) is 3.01. The molecule has 0 spiro atoms. The third-order valence-corrected chi connectivity index (χ3v) is 3.85. The van der Waals surface area contributed by atoms with Gasteiger partial charge in [-0.3, -0.25) is 0 Å². The smallest absolute Gasteiger partial charge is 0.336 e. The Hall–Kier alpha value is -2.06. The van der Waals surface area contributed by atoms with E-state index < -0.39 is 18.2 Å². The molecule has 0 aliphatic heterocycles. The molecule has 106 valence electrons. The van der Waals surface area contributed by atoms with Gasteiger partial charge in [-0.25, -0.2) is 9.59 Å². The van der Waals surface area contributed by atoms with Crippen LogP contribution in [-0.2, 0) is 0 Å². The summed E-state index contributed by atoms with van der Waals surface area (Å²) in [6.45, 7) is 1.64. The zero-order valence-electron chi connectivity index (χ0n) is 10.2. The summed E-state index contributed by atoms with van der Waals surface area (Å²) in [6, 6.07) is 2.81. The van der Waals surface area contributed by atoms with Crippen molar-refractivity contribution in [3.8, 4) is 10.1 Å². The minimum atomic E-state index is -1.02. The average molecular weight is 314 g/mol. The molecule has 8 heteroatoms. The van der Waals surface area contributed by atoms with E-state index in [1.54, 1.807) is 6.92 Å². The summed E-state index contributed by atoms with van der Waals surface area (Å²) in [5, 5.41) is 21.4. The van der Waals surface area contributed by atoms with E-state index in [2.05, 4.69) is 0 Å². The molecule has 2 N–H and O–H groups in total. The summed E-state index contributed by atoms with van der Waals surface area (Å²) in [5.74, 6) is -2.04. The van der Waals surface area contributed by atoms with Gasteiger partial charge in [-0.1, -0.05) is 0 Å². The van der Waals surface area contributed by atoms with Crippen molar-refractivity contribution >= 4 is 34.6 Å². The molecule has 0 aliphatic rings. The second kappa shape index (κ2) is 5.93. The molecule has 6 nitrogen and oxygen atoms in total. The Kier molecular flexibility index (Phi) is 4.26. The van der Waals surface area contributed by atoms with Crippen molar-refractivity contribution in [2.45, 2.75) is 13.2 Å². The first-order valence-corrected chi connectivity index (χ1v) is 7.18. The second-order valence-electron chi connectivity index (χ2n) is 3.72. The van der Waals surface area contributed by atoms with Gasteiger partial charge in [-0.15, -0.1) is 22.7 Å². The highest BCUT2D eigenvalue weighted by Gasteiger charge is 2.13. The van der Waals surface area contributed by atoms with Crippen molar-refractivity contribution in [1.82, 2.24) is 0 Å². The van der Waals surface area contributed by atoms with Crippen LogP contribution in [-0.4, -0.2) is 28.4 Å². The van der Waals surface area contributed by atoms with Gasteiger partial charge < -0.3 is 19.7 Å². The van der Waals surface area contributed by atoms with Crippen molar-refractivity contribution in [2.24, 2.45) is 0 Å². The highest BCUT2D eigenvalue weighted by molar-refractivity contribution is 7.12. The van der Waals surface area contributed by atoms with E-state index >= 15 is 0 Å². The molecule has 0 amide bonds. The average Bonchev–Trinajstić information content (AvgIpc) is 2.98. The fraction of sp³-hybridized carbons (Fsp3) is 0.167. The lowest BCUT2D eigenvalue weighted by Gasteiger charge is -2.13. The van der Waals surface area contributed by atoms with E-state index in [-0.39, 0.29) is 11.1 Å². The fourth-order valence-electron chi connectivity index (χ4n) is 1.33. The zero-order chi connectivity index (χ0) is 14.7. The highest BCUT2D eigenvalue weighted by atomic mass is 32.1. The van der Waals surface area contributed by atoms with Crippen molar-refractivity contribution in [3.63, 3.8) is 0 Å². The molecular weight excluding hydrogens is 304 g/mol. The van der Waals surface area contributed by atoms with Crippen molar-refractivity contribution < 1.29 is 29.3 Å². The number of carbonyl (C=O) groups is 2.